The normalized spacial score (nSPS) is 10.9. The molecule has 1 heterocycles. The Bertz CT molecular complexity index is 839. The molecule has 0 saturated carbocycles. The molecule has 1 aromatic heterocycles. The van der Waals surface area contributed by atoms with Crippen LogP contribution in [-0.4, -0.2) is 21.4 Å². The Morgan fingerprint density at radius 2 is 1.91 bits per heavy atom. The van der Waals surface area contributed by atoms with Crippen LogP contribution in [0.3, 0.4) is 0 Å². The third kappa shape index (κ3) is 3.74. The summed E-state index contributed by atoms with van der Waals surface area (Å²) in [6.45, 7) is 4.39. The zero-order valence-corrected chi connectivity index (χ0v) is 13.3. The minimum absolute atomic E-state index is 0.190. The van der Waals surface area contributed by atoms with Crippen LogP contribution in [0.25, 0.3) is 11.0 Å². The number of nitrogens with zero attached hydrogens (tertiary/aromatic N) is 2. The lowest BCUT2D eigenvalue weighted by atomic mass is 10.0. The van der Waals surface area contributed by atoms with Crippen molar-refractivity contribution in [1.29, 1.82) is 0 Å². The molecule has 0 unspecified atom stereocenters. The first-order valence-corrected chi connectivity index (χ1v) is 7.63. The van der Waals surface area contributed by atoms with Gasteiger partial charge in [0.15, 0.2) is 0 Å². The number of aryl methyl sites for hydroxylation is 3. The van der Waals surface area contributed by atoms with Crippen LogP contribution in [0.15, 0.2) is 36.4 Å². The number of esters is 1. The van der Waals surface area contributed by atoms with Crippen molar-refractivity contribution in [2.45, 2.75) is 33.3 Å². The molecule has 23 heavy (non-hydrogen) atoms. The fraction of sp³-hybridized carbons (Fsp3) is 0.278. The monoisotopic (exact) mass is 309 g/mol. The van der Waals surface area contributed by atoms with E-state index in [0.717, 1.165) is 16.6 Å². The average molecular weight is 309 g/mol. The molecule has 5 nitrogen and oxygen atoms in total. The summed E-state index contributed by atoms with van der Waals surface area (Å²) in [5, 5.41) is 10.6. The van der Waals surface area contributed by atoms with E-state index >= 15 is 0 Å². The van der Waals surface area contributed by atoms with Gasteiger partial charge in [0.2, 0.25) is 0 Å². The minimum atomic E-state index is -0.190. The molecule has 0 radical (unpaired) electrons. The Morgan fingerprint density at radius 1 is 1.09 bits per heavy atom. The number of aromatic amines is 1. The van der Waals surface area contributed by atoms with Crippen LogP contribution < -0.4 is 0 Å². The number of carbonyl (C=O) groups excluding carboxylic acids is 1. The SMILES string of the molecule is Cc1ccc(CCC(=O)OCc2ccc3n[nH]nc3c2)c(C)c1. The van der Waals surface area contributed by atoms with E-state index in [4.69, 9.17) is 4.74 Å². The lowest BCUT2D eigenvalue weighted by Gasteiger charge is -2.08. The zero-order chi connectivity index (χ0) is 16.2. The summed E-state index contributed by atoms with van der Waals surface area (Å²) in [5.41, 5.74) is 6.12. The Morgan fingerprint density at radius 3 is 2.74 bits per heavy atom. The fourth-order valence-corrected chi connectivity index (χ4v) is 2.57. The van der Waals surface area contributed by atoms with Gasteiger partial charge >= 0.3 is 5.97 Å². The van der Waals surface area contributed by atoms with E-state index in [0.29, 0.717) is 12.8 Å². The molecule has 1 N–H and O–H groups in total. The molecule has 0 spiro atoms. The highest BCUT2D eigenvalue weighted by Gasteiger charge is 2.07. The van der Waals surface area contributed by atoms with Crippen LogP contribution in [0, 0.1) is 13.8 Å². The Labute approximate surface area is 134 Å². The third-order valence-electron chi connectivity index (χ3n) is 3.88. The zero-order valence-electron chi connectivity index (χ0n) is 13.3. The molecular formula is C18H19N3O2. The molecule has 0 aliphatic rings. The van der Waals surface area contributed by atoms with Crippen molar-refractivity contribution in [3.05, 3.63) is 58.7 Å². The van der Waals surface area contributed by atoms with Gasteiger partial charge in [-0.25, -0.2) is 0 Å². The van der Waals surface area contributed by atoms with Crippen molar-refractivity contribution in [3.8, 4) is 0 Å². The van der Waals surface area contributed by atoms with E-state index in [1.807, 2.05) is 18.2 Å². The minimum Gasteiger partial charge on any atom is -0.461 e. The molecule has 0 fully saturated rings. The summed E-state index contributed by atoms with van der Waals surface area (Å²) >= 11 is 0. The quantitative estimate of drug-likeness (QED) is 0.735. The predicted octanol–water partition coefficient (Wildman–Crippen LogP) is 3.25. The second-order valence-corrected chi connectivity index (χ2v) is 5.74. The van der Waals surface area contributed by atoms with Gasteiger partial charge < -0.3 is 4.74 Å². The van der Waals surface area contributed by atoms with Crippen molar-refractivity contribution in [2.75, 3.05) is 0 Å². The number of H-pyrrole nitrogens is 1. The third-order valence-corrected chi connectivity index (χ3v) is 3.88. The molecule has 118 valence electrons. The summed E-state index contributed by atoms with van der Waals surface area (Å²) in [6.07, 6.45) is 1.09. The summed E-state index contributed by atoms with van der Waals surface area (Å²) in [6, 6.07) is 11.9. The molecule has 3 aromatic rings. The van der Waals surface area contributed by atoms with Gasteiger partial charge in [0.1, 0.15) is 17.6 Å². The standard InChI is InChI=1S/C18H19N3O2/c1-12-3-5-15(13(2)9-12)6-8-18(22)23-11-14-4-7-16-17(10-14)20-21-19-16/h3-5,7,9-10H,6,8,11H2,1-2H3,(H,19,20,21). The fourth-order valence-electron chi connectivity index (χ4n) is 2.57. The predicted molar refractivity (Wildman–Crippen MR) is 87.9 cm³/mol. The number of hydrogen-bond acceptors (Lipinski definition) is 4. The second kappa shape index (κ2) is 6.60. The summed E-state index contributed by atoms with van der Waals surface area (Å²) < 4.78 is 5.34. The summed E-state index contributed by atoms with van der Waals surface area (Å²) in [5.74, 6) is -0.190. The highest BCUT2D eigenvalue weighted by Crippen LogP contribution is 2.14. The molecule has 0 aliphatic heterocycles. The maximum Gasteiger partial charge on any atom is 0.306 e. The number of hydrogen-bond donors (Lipinski definition) is 1. The molecule has 5 heteroatoms. The molecule has 0 saturated heterocycles. The average Bonchev–Trinajstić information content (AvgIpc) is 2.99. The smallest absolute Gasteiger partial charge is 0.306 e. The van der Waals surface area contributed by atoms with Crippen molar-refractivity contribution in [3.63, 3.8) is 0 Å². The second-order valence-electron chi connectivity index (χ2n) is 5.74. The number of rotatable bonds is 5. The number of ether oxygens (including phenoxy) is 1. The van der Waals surface area contributed by atoms with Gasteiger partial charge in [0.05, 0.1) is 0 Å². The Kier molecular flexibility index (Phi) is 4.37. The van der Waals surface area contributed by atoms with E-state index in [9.17, 15) is 4.79 Å². The van der Waals surface area contributed by atoms with E-state index < -0.39 is 0 Å². The summed E-state index contributed by atoms with van der Waals surface area (Å²) in [7, 11) is 0. The van der Waals surface area contributed by atoms with Crippen LogP contribution in [0.1, 0.15) is 28.7 Å². The lowest BCUT2D eigenvalue weighted by Crippen LogP contribution is -2.06. The van der Waals surface area contributed by atoms with Gasteiger partial charge in [-0.15, -0.1) is 0 Å². The maximum atomic E-state index is 11.9. The molecule has 0 atom stereocenters. The number of fused-ring (bicyclic) bond motifs is 1. The molecule has 0 aliphatic carbocycles. The highest BCUT2D eigenvalue weighted by molar-refractivity contribution is 5.74. The lowest BCUT2D eigenvalue weighted by molar-refractivity contribution is -0.144. The molecule has 2 aromatic carbocycles. The van der Waals surface area contributed by atoms with Crippen LogP contribution in [0.5, 0.6) is 0 Å². The Hall–Kier alpha value is -2.69. The number of benzene rings is 2. The number of nitrogens with one attached hydrogen (secondary N) is 1. The van der Waals surface area contributed by atoms with E-state index in [1.54, 1.807) is 0 Å². The number of aromatic nitrogens is 3. The van der Waals surface area contributed by atoms with Gasteiger partial charge in [-0.05, 0) is 49.1 Å². The highest BCUT2D eigenvalue weighted by atomic mass is 16.5. The topological polar surface area (TPSA) is 67.9 Å². The molecule has 0 bridgehead atoms. The van der Waals surface area contributed by atoms with Gasteiger partial charge in [-0.2, -0.15) is 15.4 Å². The van der Waals surface area contributed by atoms with Crippen molar-refractivity contribution in [1.82, 2.24) is 15.4 Å². The summed E-state index contributed by atoms with van der Waals surface area (Å²) in [4.78, 5) is 11.9. The first-order valence-electron chi connectivity index (χ1n) is 7.63. The number of carbonyl (C=O) groups is 1. The van der Waals surface area contributed by atoms with E-state index in [1.165, 1.54) is 16.7 Å². The van der Waals surface area contributed by atoms with Gasteiger partial charge in [-0.3, -0.25) is 4.79 Å². The molecule has 3 rings (SSSR count). The van der Waals surface area contributed by atoms with Crippen molar-refractivity contribution >= 4 is 17.0 Å². The van der Waals surface area contributed by atoms with Crippen molar-refractivity contribution < 1.29 is 9.53 Å². The van der Waals surface area contributed by atoms with Crippen LogP contribution in [0.2, 0.25) is 0 Å². The van der Waals surface area contributed by atoms with E-state index in [-0.39, 0.29) is 12.6 Å². The first kappa shape index (κ1) is 15.2. The van der Waals surface area contributed by atoms with Crippen LogP contribution >= 0.6 is 0 Å². The van der Waals surface area contributed by atoms with Gasteiger partial charge in [-0.1, -0.05) is 29.8 Å². The van der Waals surface area contributed by atoms with Gasteiger partial charge in [0, 0.05) is 6.42 Å². The van der Waals surface area contributed by atoms with Crippen LogP contribution in [-0.2, 0) is 22.6 Å². The van der Waals surface area contributed by atoms with Gasteiger partial charge in [0.25, 0.3) is 0 Å². The maximum absolute atomic E-state index is 11.9. The van der Waals surface area contributed by atoms with Crippen molar-refractivity contribution in [2.24, 2.45) is 0 Å². The van der Waals surface area contributed by atoms with Crippen LogP contribution in [0.4, 0.5) is 0 Å². The Balaban J connectivity index is 1.53. The molecular weight excluding hydrogens is 290 g/mol. The first-order chi connectivity index (χ1) is 11.1. The largest absolute Gasteiger partial charge is 0.461 e. The molecule has 0 amide bonds. The van der Waals surface area contributed by atoms with E-state index in [2.05, 4.69) is 47.5 Å².